The Morgan fingerprint density at radius 2 is 0.750 bits per heavy atom. The van der Waals surface area contributed by atoms with Gasteiger partial charge < -0.3 is 58.6 Å². The van der Waals surface area contributed by atoms with Crippen LogP contribution in [0.15, 0.2) is 307 Å². The fraction of sp³-hybridized carbons (Fsp3) is 0.183. The predicted octanol–water partition coefficient (Wildman–Crippen LogP) is 21.3. The highest BCUT2D eigenvalue weighted by molar-refractivity contribution is 9.11. The largest absolute Gasteiger partial charge is 0.479 e. The SMILES string of the molecule is CCOC(=O)/C=C(\c1ccccc1)c1cccc2[nH]nc(OC)c12.CCOC(=O)n1[nH]c(=O)c2c(Br)cccc21.CCOC(=O)n1nc(OC)c2c(Br)cccc21.CNC(=O)/C=C(\c1ccccc1)c1cccc2[nH]nc(OC)c12.CNC(=O)CC(c1ccccc1)c1cccc2[nH]nc(OC)c12.CNCCC(c1ccccc1)c1cccc2[nH]nc(OC)c12.COc1n[nH]c2cccc(Br)c12.O=c1[nH][nH]c2cccc(Br)c12. The van der Waals surface area contributed by atoms with Gasteiger partial charge in [-0.3, -0.25) is 60.0 Å². The summed E-state index contributed by atoms with van der Waals surface area (Å²) in [6, 6.07) is 86.0. The van der Waals surface area contributed by atoms with Crippen molar-refractivity contribution in [1.29, 1.82) is 0 Å². The number of rotatable bonds is 24. The number of carbonyl (C=O) groups is 5. The molecule has 0 aliphatic heterocycles. The molecule has 0 bridgehead atoms. The fourth-order valence-corrected chi connectivity index (χ4v) is 18.4. The van der Waals surface area contributed by atoms with Gasteiger partial charge >= 0.3 is 18.2 Å². The van der Waals surface area contributed by atoms with Gasteiger partial charge in [-0.25, -0.2) is 14.4 Å². The van der Waals surface area contributed by atoms with E-state index < -0.39 is 12.2 Å². The number of aromatic nitrogens is 16. The van der Waals surface area contributed by atoms with Gasteiger partial charge in [0.1, 0.15) is 0 Å². The molecular weight excluding hydrogens is 2150 g/mol. The second-order valence-corrected chi connectivity index (χ2v) is 35.3. The van der Waals surface area contributed by atoms with Crippen LogP contribution in [0.2, 0.25) is 0 Å². The Bertz CT molecular complexity index is 8120. The molecule has 12 aromatic carbocycles. The number of hydrogen-bond acceptors (Lipinski definition) is 23. The third-order valence-corrected chi connectivity index (χ3v) is 25.7. The maximum Gasteiger partial charge on any atom is 0.435 e. The molecule has 0 fully saturated rings. The number of carbonyl (C=O) groups excluding carboxylic acids is 5. The van der Waals surface area contributed by atoms with E-state index in [1.807, 2.05) is 207 Å². The molecule has 11 N–H and O–H groups in total. The van der Waals surface area contributed by atoms with Gasteiger partial charge in [0, 0.05) is 62.4 Å². The maximum atomic E-state index is 12.1. The van der Waals surface area contributed by atoms with Gasteiger partial charge in [0.15, 0.2) is 0 Å². The molecule has 0 aliphatic rings. The number of nitrogens with one attached hydrogen (secondary N) is 11. The minimum Gasteiger partial charge on any atom is -0.479 e. The monoisotopic (exact) mass is 2250 g/mol. The van der Waals surface area contributed by atoms with Crippen LogP contribution in [0.1, 0.15) is 90.0 Å². The van der Waals surface area contributed by atoms with E-state index in [4.69, 9.17) is 42.6 Å². The third kappa shape index (κ3) is 26.1. The van der Waals surface area contributed by atoms with Gasteiger partial charge in [0.05, 0.1) is 150 Å². The van der Waals surface area contributed by atoms with Gasteiger partial charge in [-0.2, -0.15) is 9.36 Å². The van der Waals surface area contributed by atoms with Crippen molar-refractivity contribution in [2.75, 3.05) is 90.2 Å². The number of likely N-dealkylation sites (N-methyl/N-ethyl adjacent to an activating group) is 1. The molecule has 8 aromatic heterocycles. The lowest BCUT2D eigenvalue weighted by Crippen LogP contribution is -2.21. The molecule has 35 nitrogen and oxygen atoms in total. The van der Waals surface area contributed by atoms with Crippen molar-refractivity contribution >= 4 is 192 Å². The first kappa shape index (κ1) is 109. The van der Waals surface area contributed by atoms with Crippen LogP contribution in [0.4, 0.5) is 9.59 Å². The number of esters is 1. The molecule has 0 aliphatic carbocycles. The van der Waals surface area contributed by atoms with Gasteiger partial charge in [-0.1, -0.05) is 194 Å². The van der Waals surface area contributed by atoms with E-state index in [1.54, 1.807) is 101 Å². The van der Waals surface area contributed by atoms with Gasteiger partial charge in [-0.05, 0) is 233 Å². The summed E-state index contributed by atoms with van der Waals surface area (Å²) in [5.74, 6) is 2.93. The Kier molecular flexibility index (Phi) is 39.2. The fourth-order valence-electron chi connectivity index (χ4n) is 16.3. The predicted molar refractivity (Wildman–Crippen MR) is 588 cm³/mol. The van der Waals surface area contributed by atoms with Crippen molar-refractivity contribution in [2.24, 2.45) is 0 Å². The van der Waals surface area contributed by atoms with Crippen molar-refractivity contribution in [3.8, 4) is 35.3 Å². The number of fused-ring (bicyclic) bond motifs is 8. The summed E-state index contributed by atoms with van der Waals surface area (Å²) >= 11 is 13.4. The van der Waals surface area contributed by atoms with Crippen molar-refractivity contribution in [3.63, 3.8) is 0 Å². The van der Waals surface area contributed by atoms with Crippen molar-refractivity contribution < 1.29 is 66.6 Å². The summed E-state index contributed by atoms with van der Waals surface area (Å²) in [4.78, 5) is 82.0. The molecule has 0 saturated carbocycles. The van der Waals surface area contributed by atoms with Gasteiger partial charge in [0.25, 0.3) is 11.1 Å². The molecule has 2 amide bonds. The summed E-state index contributed by atoms with van der Waals surface area (Å²) < 4.78 is 52.2. The quantitative estimate of drug-likeness (QED) is 0.0152. The van der Waals surface area contributed by atoms with Crippen LogP contribution in [0.5, 0.6) is 35.3 Å². The highest BCUT2D eigenvalue weighted by Gasteiger charge is 2.27. The Balaban J connectivity index is 0.000000143. The lowest BCUT2D eigenvalue weighted by molar-refractivity contribution is -0.137. The second-order valence-electron chi connectivity index (χ2n) is 31.8. The van der Waals surface area contributed by atoms with E-state index in [2.05, 4.69) is 194 Å². The molecule has 2 unspecified atom stereocenters. The van der Waals surface area contributed by atoms with E-state index >= 15 is 0 Å². The summed E-state index contributed by atoms with van der Waals surface area (Å²) in [6.45, 7) is 7.08. The molecule has 20 rings (SSSR count). The lowest BCUT2D eigenvalue weighted by Gasteiger charge is -2.19. The first-order chi connectivity index (χ1) is 72.0. The Morgan fingerprint density at radius 1 is 0.365 bits per heavy atom. The van der Waals surface area contributed by atoms with Crippen LogP contribution in [0.3, 0.4) is 0 Å². The topological polar surface area (TPSA) is 452 Å². The summed E-state index contributed by atoms with van der Waals surface area (Å²) in [7, 11) is 14.8. The van der Waals surface area contributed by atoms with Crippen LogP contribution in [0.25, 0.3) is 98.4 Å². The normalized spacial score (nSPS) is 11.4. The number of H-pyrrole nitrogens is 8. The first-order valence-electron chi connectivity index (χ1n) is 46.4. The molecule has 20 aromatic rings. The van der Waals surface area contributed by atoms with Crippen LogP contribution in [-0.2, 0) is 28.6 Å². The van der Waals surface area contributed by atoms with E-state index in [1.165, 1.54) is 29.0 Å². The van der Waals surface area contributed by atoms with Crippen LogP contribution < -0.4 is 55.5 Å². The van der Waals surface area contributed by atoms with Crippen LogP contribution >= 0.6 is 63.7 Å². The Labute approximate surface area is 882 Å². The summed E-state index contributed by atoms with van der Waals surface area (Å²) in [5.41, 5.74) is 16.0. The molecule has 39 heteroatoms. The lowest BCUT2D eigenvalue weighted by atomic mass is 9.86. The standard InChI is InChI=1S/C19H18N2O3.C18H19N3O2.C18H17N3O2.C18H21N3O.C11H11BrN2O3.C10H9BrN2O3.C8H7BrN2O.C7H5BrN2O/c1-3-24-17(22)12-15(13-8-5-4-6-9-13)14-10-7-11-16-18(14)19(23-2)21-20-16;2*1-19-16(22)11-14(12-7-4-3-5-8-12)13-9-6-10-15-17(13)18(23-2)21-20-15;1-19-12-11-14(13-7-4-3-5-8-13)15-9-6-10-16-17(15)18(22-2)21-20-16;1-3-17-11(15)14-8-6-4-5-7(12)9(8)10(13-14)16-2;1-2-16-10(15)13-7-5-3-4-6(11)8(7)9(14)12-13;1-12-8-7-5(9)3-2-4-6(7)10-11-8;8-4-2-1-3-5-6(4)7(11)10-9-5/h4-12H,3H2,1-2H3,(H,20,21);3-10,14H,11H2,1-2H3,(H,19,22)(H,20,21);3-11H,1-2H3,(H,19,22)(H,20,21);3-10,14,19H,11-12H2,1-2H3,(H,20,21);4-6H,3H2,1-2H3;3-5H,2H2,1H3,(H,12,14);2-4H,1H3,(H,10,11);1-3H,(H2,9,10,11)/b15-12+;;14-11+;;;;;. The Hall–Kier alpha value is -16.5. The van der Waals surface area contributed by atoms with E-state index in [-0.39, 0.29) is 41.4 Å². The molecule has 2 atom stereocenters. The number of hydrogen-bond donors (Lipinski definition) is 11. The minimum absolute atomic E-state index is 0.00156. The minimum atomic E-state index is -0.590. The zero-order chi connectivity index (χ0) is 105. The number of methoxy groups -OCH3 is 6. The second kappa shape index (κ2) is 53.4. The molecule has 762 valence electrons. The summed E-state index contributed by atoms with van der Waals surface area (Å²) in [6.07, 6.45) is 3.39. The average Bonchev–Trinajstić information content (AvgIpc) is 1.63. The smallest absolute Gasteiger partial charge is 0.435 e. The molecule has 0 spiro atoms. The van der Waals surface area contributed by atoms with Crippen molar-refractivity contribution in [1.82, 2.24) is 96.7 Å². The van der Waals surface area contributed by atoms with Crippen molar-refractivity contribution in [2.45, 2.75) is 45.4 Å². The molecular formula is C109H107Br4N19O16. The number of aromatic amines is 8. The number of ether oxygens (including phenoxy) is 9. The zero-order valence-corrected chi connectivity index (χ0v) is 88.9. The van der Waals surface area contributed by atoms with Gasteiger partial charge in [0.2, 0.25) is 47.1 Å². The van der Waals surface area contributed by atoms with Crippen LogP contribution in [-0.4, -0.2) is 201 Å². The first-order valence-corrected chi connectivity index (χ1v) is 49.6. The van der Waals surface area contributed by atoms with E-state index in [0.717, 1.165) is 141 Å². The van der Waals surface area contributed by atoms with Crippen LogP contribution in [0, 0.1) is 0 Å². The molecule has 8 heterocycles. The molecule has 0 radical (unpaired) electrons. The Morgan fingerprint density at radius 3 is 1.21 bits per heavy atom. The van der Waals surface area contributed by atoms with Gasteiger partial charge in [-0.15, -0.1) is 30.6 Å². The number of amides is 2. The average molecular weight is 2260 g/mol. The van der Waals surface area contributed by atoms with E-state index in [9.17, 15) is 33.6 Å². The summed E-state index contributed by atoms with van der Waals surface area (Å²) in [5, 5.41) is 62.5. The maximum absolute atomic E-state index is 12.1. The number of halogens is 4. The third-order valence-electron chi connectivity index (χ3n) is 23.0. The highest BCUT2D eigenvalue weighted by Crippen LogP contribution is 2.42. The molecule has 148 heavy (non-hydrogen) atoms. The molecule has 0 saturated heterocycles. The van der Waals surface area contributed by atoms with Crippen molar-refractivity contribution in [3.05, 3.63) is 362 Å². The highest BCUT2D eigenvalue weighted by atomic mass is 79.9. The zero-order valence-electron chi connectivity index (χ0n) is 82.6. The number of benzene rings is 12. The van der Waals surface area contributed by atoms with E-state index in [0.29, 0.717) is 87.1 Å². The number of nitrogens with zero attached hydrogens (tertiary/aromatic N) is 8.